The van der Waals surface area contributed by atoms with Gasteiger partial charge in [0.25, 0.3) is 11.6 Å². The van der Waals surface area contributed by atoms with E-state index in [1.165, 1.54) is 18.2 Å². The van der Waals surface area contributed by atoms with E-state index in [0.29, 0.717) is 26.3 Å². The Morgan fingerprint density at radius 3 is 2.78 bits per heavy atom. The average Bonchev–Trinajstić information content (AvgIpc) is 3.06. The van der Waals surface area contributed by atoms with Gasteiger partial charge >= 0.3 is 0 Å². The third-order valence-electron chi connectivity index (χ3n) is 2.96. The molecule has 2 aromatic rings. The fourth-order valence-electron chi connectivity index (χ4n) is 1.99. The normalized spacial score (nSPS) is 16.0. The molecule has 1 aliphatic rings. The van der Waals surface area contributed by atoms with E-state index in [2.05, 4.69) is 5.32 Å². The van der Waals surface area contributed by atoms with Gasteiger partial charge in [-0.25, -0.2) is 0 Å². The molecule has 1 aromatic heterocycles. The van der Waals surface area contributed by atoms with Crippen molar-refractivity contribution < 1.29 is 14.1 Å². The van der Waals surface area contributed by atoms with E-state index >= 15 is 0 Å². The molecule has 0 aliphatic carbocycles. The van der Waals surface area contributed by atoms with Crippen molar-refractivity contribution in [2.75, 3.05) is 0 Å². The van der Waals surface area contributed by atoms with Crippen LogP contribution in [0.5, 0.6) is 0 Å². The summed E-state index contributed by atoms with van der Waals surface area (Å²) in [6, 6.07) is 7.54. The molecule has 0 saturated carbocycles. The van der Waals surface area contributed by atoms with Gasteiger partial charge in [-0.1, -0.05) is 35.6 Å². The highest BCUT2D eigenvalue weighted by Crippen LogP contribution is 2.34. The first kappa shape index (κ1) is 15.7. The number of carbonyl (C=O) groups is 1. The van der Waals surface area contributed by atoms with Gasteiger partial charge < -0.3 is 9.73 Å². The standard InChI is InChI=1S/C14H7ClN2O4S2/c15-7-1-3-9(10(5-7)17(19)20)11-4-2-8(21-11)6-12-13(18)16-14(22)23-12/h1-6H,(H,16,18,22)/b12-6+. The van der Waals surface area contributed by atoms with Crippen LogP contribution in [-0.4, -0.2) is 15.2 Å². The number of thioether (sulfide) groups is 1. The second-order valence-electron chi connectivity index (χ2n) is 4.47. The Labute approximate surface area is 144 Å². The van der Waals surface area contributed by atoms with E-state index < -0.39 is 4.92 Å². The Bertz CT molecular complexity index is 875. The molecule has 1 aliphatic heterocycles. The first-order chi connectivity index (χ1) is 10.9. The first-order valence-corrected chi connectivity index (χ1v) is 7.83. The quantitative estimate of drug-likeness (QED) is 0.382. The average molecular weight is 367 g/mol. The van der Waals surface area contributed by atoms with Crippen LogP contribution in [0.4, 0.5) is 5.69 Å². The number of hydrogen-bond donors (Lipinski definition) is 1. The van der Waals surface area contributed by atoms with Gasteiger partial charge in [0.1, 0.15) is 15.8 Å². The number of halogens is 1. The summed E-state index contributed by atoms with van der Waals surface area (Å²) in [6.07, 6.45) is 1.53. The molecule has 116 valence electrons. The minimum Gasteiger partial charge on any atom is -0.456 e. The van der Waals surface area contributed by atoms with Gasteiger partial charge in [-0.15, -0.1) is 0 Å². The van der Waals surface area contributed by atoms with Crippen LogP contribution in [0.2, 0.25) is 5.02 Å². The lowest BCUT2D eigenvalue weighted by molar-refractivity contribution is -0.384. The van der Waals surface area contributed by atoms with Gasteiger partial charge in [-0.2, -0.15) is 0 Å². The summed E-state index contributed by atoms with van der Waals surface area (Å²) in [4.78, 5) is 22.6. The van der Waals surface area contributed by atoms with Crippen molar-refractivity contribution in [2.45, 2.75) is 0 Å². The van der Waals surface area contributed by atoms with E-state index in [4.69, 9.17) is 28.2 Å². The van der Waals surface area contributed by atoms with Gasteiger partial charge in [-0.3, -0.25) is 14.9 Å². The molecule has 1 amide bonds. The number of thiocarbonyl (C=S) groups is 1. The molecule has 0 spiro atoms. The van der Waals surface area contributed by atoms with Crippen molar-refractivity contribution in [3.8, 4) is 11.3 Å². The molecule has 1 N–H and O–H groups in total. The molecule has 0 radical (unpaired) electrons. The number of carbonyl (C=O) groups excluding carboxylic acids is 1. The van der Waals surface area contributed by atoms with Crippen molar-refractivity contribution >= 4 is 57.6 Å². The summed E-state index contributed by atoms with van der Waals surface area (Å²) < 4.78 is 5.96. The van der Waals surface area contributed by atoms with Crippen LogP contribution in [0.25, 0.3) is 17.4 Å². The summed E-state index contributed by atoms with van der Waals surface area (Å²) in [6.45, 7) is 0. The second-order valence-corrected chi connectivity index (χ2v) is 6.63. The Morgan fingerprint density at radius 1 is 1.35 bits per heavy atom. The van der Waals surface area contributed by atoms with Crippen LogP contribution < -0.4 is 5.32 Å². The predicted molar refractivity (Wildman–Crippen MR) is 92.1 cm³/mol. The molecule has 1 fully saturated rings. The number of nitro benzene ring substituents is 1. The van der Waals surface area contributed by atoms with Crippen LogP contribution >= 0.6 is 35.6 Å². The number of furan rings is 1. The van der Waals surface area contributed by atoms with Crippen molar-refractivity contribution in [1.29, 1.82) is 0 Å². The largest absolute Gasteiger partial charge is 0.456 e. The van der Waals surface area contributed by atoms with Crippen molar-refractivity contribution in [3.05, 3.63) is 56.1 Å². The molecule has 6 nitrogen and oxygen atoms in total. The molecule has 0 bridgehead atoms. The first-order valence-electron chi connectivity index (χ1n) is 6.23. The molecule has 23 heavy (non-hydrogen) atoms. The Morgan fingerprint density at radius 2 is 2.13 bits per heavy atom. The lowest BCUT2D eigenvalue weighted by atomic mass is 10.1. The zero-order chi connectivity index (χ0) is 16.6. The van der Waals surface area contributed by atoms with Crippen LogP contribution in [-0.2, 0) is 4.79 Å². The number of rotatable bonds is 3. The zero-order valence-electron chi connectivity index (χ0n) is 11.2. The van der Waals surface area contributed by atoms with Crippen LogP contribution in [0.15, 0.2) is 39.7 Å². The van der Waals surface area contributed by atoms with E-state index in [-0.39, 0.29) is 16.6 Å². The summed E-state index contributed by atoms with van der Waals surface area (Å²) in [5, 5.41) is 13.9. The summed E-state index contributed by atoms with van der Waals surface area (Å²) in [5.74, 6) is 0.410. The van der Waals surface area contributed by atoms with Gasteiger partial charge in [0.15, 0.2) is 0 Å². The number of hydrogen-bond acceptors (Lipinski definition) is 6. The summed E-state index contributed by atoms with van der Waals surface area (Å²) in [5.41, 5.74) is 0.156. The van der Waals surface area contributed by atoms with Crippen molar-refractivity contribution in [2.24, 2.45) is 0 Å². The summed E-state index contributed by atoms with van der Waals surface area (Å²) in [7, 11) is 0. The summed E-state index contributed by atoms with van der Waals surface area (Å²) >= 11 is 11.8. The Balaban J connectivity index is 1.97. The number of nitro groups is 1. The SMILES string of the molecule is O=C1NC(=S)S/C1=C/c1ccc(-c2ccc(Cl)cc2[N+](=O)[O-])o1. The van der Waals surface area contributed by atoms with E-state index in [1.54, 1.807) is 18.2 Å². The maximum absolute atomic E-state index is 11.6. The molecular formula is C14H7ClN2O4S2. The third-order valence-corrected chi connectivity index (χ3v) is 4.36. The molecule has 1 saturated heterocycles. The fourth-order valence-corrected chi connectivity index (χ4v) is 3.18. The third kappa shape index (κ3) is 3.29. The van der Waals surface area contributed by atoms with Gasteiger partial charge in [0.2, 0.25) is 0 Å². The highest BCUT2D eigenvalue weighted by molar-refractivity contribution is 8.26. The molecule has 0 atom stereocenters. The lowest BCUT2D eigenvalue weighted by Crippen LogP contribution is -2.17. The topological polar surface area (TPSA) is 85.4 Å². The van der Waals surface area contributed by atoms with Crippen LogP contribution in [0.1, 0.15) is 5.76 Å². The molecule has 3 rings (SSSR count). The molecule has 9 heteroatoms. The second kappa shape index (κ2) is 6.15. The molecule has 1 aromatic carbocycles. The molecule has 0 unspecified atom stereocenters. The zero-order valence-corrected chi connectivity index (χ0v) is 13.6. The minimum atomic E-state index is -0.527. The maximum atomic E-state index is 11.6. The number of nitrogens with one attached hydrogen (secondary N) is 1. The lowest BCUT2D eigenvalue weighted by Gasteiger charge is -2.00. The smallest absolute Gasteiger partial charge is 0.281 e. The Kier molecular flexibility index (Phi) is 4.20. The number of benzene rings is 1. The van der Waals surface area contributed by atoms with Crippen LogP contribution in [0.3, 0.4) is 0 Å². The predicted octanol–water partition coefficient (Wildman–Crippen LogP) is 4.00. The van der Waals surface area contributed by atoms with Gasteiger partial charge in [-0.05, 0) is 24.3 Å². The molecule has 2 heterocycles. The highest BCUT2D eigenvalue weighted by Gasteiger charge is 2.23. The molecular weight excluding hydrogens is 360 g/mol. The Hall–Kier alpha value is -2.16. The van der Waals surface area contributed by atoms with Crippen LogP contribution in [0, 0.1) is 10.1 Å². The fraction of sp³-hybridized carbons (Fsp3) is 0. The van der Waals surface area contributed by atoms with Crippen molar-refractivity contribution in [3.63, 3.8) is 0 Å². The van der Waals surface area contributed by atoms with E-state index in [0.717, 1.165) is 11.8 Å². The van der Waals surface area contributed by atoms with Gasteiger partial charge in [0, 0.05) is 17.2 Å². The highest BCUT2D eigenvalue weighted by atomic mass is 35.5. The van der Waals surface area contributed by atoms with E-state index in [1.807, 2.05) is 0 Å². The maximum Gasteiger partial charge on any atom is 0.281 e. The minimum absolute atomic E-state index is 0.153. The van der Waals surface area contributed by atoms with Crippen molar-refractivity contribution in [1.82, 2.24) is 5.32 Å². The number of amides is 1. The number of nitrogens with zero attached hydrogens (tertiary/aromatic N) is 1. The van der Waals surface area contributed by atoms with Gasteiger partial charge in [0.05, 0.1) is 15.4 Å². The monoisotopic (exact) mass is 366 g/mol. The van der Waals surface area contributed by atoms with E-state index in [9.17, 15) is 14.9 Å².